The molecular formula is C58H112O6. The Hall–Kier alpha value is -1.59. The van der Waals surface area contributed by atoms with Gasteiger partial charge in [0.15, 0.2) is 6.10 Å². The van der Waals surface area contributed by atoms with Crippen LogP contribution in [0.5, 0.6) is 0 Å². The fourth-order valence-electron chi connectivity index (χ4n) is 8.92. The van der Waals surface area contributed by atoms with Gasteiger partial charge in [0.2, 0.25) is 0 Å². The first-order valence-corrected chi connectivity index (χ1v) is 28.9. The third-order valence-corrected chi connectivity index (χ3v) is 13.3. The molecule has 0 heterocycles. The van der Waals surface area contributed by atoms with E-state index in [1.807, 2.05) is 0 Å². The third-order valence-electron chi connectivity index (χ3n) is 13.3. The number of carbonyl (C=O) groups excluding carboxylic acids is 3. The van der Waals surface area contributed by atoms with Crippen molar-refractivity contribution in [1.29, 1.82) is 0 Å². The fourth-order valence-corrected chi connectivity index (χ4v) is 8.92. The van der Waals surface area contributed by atoms with Crippen LogP contribution < -0.4 is 0 Å². The molecule has 0 aromatic rings. The Labute approximate surface area is 399 Å². The van der Waals surface area contributed by atoms with E-state index in [0.717, 1.165) is 63.7 Å². The molecule has 0 aliphatic carbocycles. The van der Waals surface area contributed by atoms with E-state index in [9.17, 15) is 14.4 Å². The molecule has 0 aliphatic rings. The molecule has 0 aromatic carbocycles. The van der Waals surface area contributed by atoms with Crippen LogP contribution in [0.15, 0.2) is 0 Å². The summed E-state index contributed by atoms with van der Waals surface area (Å²) in [6.07, 6.45) is 56.9. The first-order chi connectivity index (χ1) is 31.4. The number of unbranched alkanes of at least 4 members (excludes halogenated alkanes) is 40. The second-order valence-electron chi connectivity index (χ2n) is 20.4. The summed E-state index contributed by atoms with van der Waals surface area (Å²) in [7, 11) is 0. The highest BCUT2D eigenvalue weighted by Gasteiger charge is 2.19. The molecule has 0 saturated carbocycles. The van der Waals surface area contributed by atoms with Gasteiger partial charge in [-0.2, -0.15) is 0 Å². The molecule has 0 saturated heterocycles. The number of carbonyl (C=O) groups is 3. The van der Waals surface area contributed by atoms with Gasteiger partial charge in [0.1, 0.15) is 13.2 Å². The van der Waals surface area contributed by atoms with Crippen LogP contribution in [0.2, 0.25) is 0 Å². The largest absolute Gasteiger partial charge is 0.462 e. The highest BCUT2D eigenvalue weighted by atomic mass is 16.6. The number of esters is 3. The molecule has 64 heavy (non-hydrogen) atoms. The molecule has 0 N–H and O–H groups in total. The van der Waals surface area contributed by atoms with Gasteiger partial charge in [0.05, 0.1) is 0 Å². The maximum Gasteiger partial charge on any atom is 0.306 e. The van der Waals surface area contributed by atoms with Gasteiger partial charge in [0.25, 0.3) is 0 Å². The topological polar surface area (TPSA) is 78.9 Å². The zero-order valence-corrected chi connectivity index (χ0v) is 43.8. The van der Waals surface area contributed by atoms with Gasteiger partial charge in [-0.15, -0.1) is 0 Å². The van der Waals surface area contributed by atoms with Gasteiger partial charge in [-0.05, 0) is 25.2 Å². The van der Waals surface area contributed by atoms with Crippen LogP contribution in [0.25, 0.3) is 0 Å². The van der Waals surface area contributed by atoms with Crippen molar-refractivity contribution in [2.75, 3.05) is 13.2 Å². The molecule has 0 bridgehead atoms. The van der Waals surface area contributed by atoms with E-state index in [-0.39, 0.29) is 31.1 Å². The van der Waals surface area contributed by atoms with E-state index in [1.54, 1.807) is 0 Å². The van der Waals surface area contributed by atoms with Gasteiger partial charge in [-0.1, -0.05) is 291 Å². The molecule has 0 spiro atoms. The Balaban J connectivity index is 4.08. The Morgan fingerprint density at radius 3 is 0.766 bits per heavy atom. The lowest BCUT2D eigenvalue weighted by Crippen LogP contribution is -2.30. The van der Waals surface area contributed by atoms with Crippen LogP contribution in [-0.4, -0.2) is 37.2 Å². The van der Waals surface area contributed by atoms with E-state index in [4.69, 9.17) is 14.2 Å². The van der Waals surface area contributed by atoms with Crippen molar-refractivity contribution in [1.82, 2.24) is 0 Å². The molecule has 0 rings (SSSR count). The van der Waals surface area contributed by atoms with Crippen molar-refractivity contribution in [3.8, 4) is 0 Å². The molecule has 380 valence electrons. The highest BCUT2D eigenvalue weighted by Crippen LogP contribution is 2.18. The molecule has 1 atom stereocenters. The summed E-state index contributed by atoms with van der Waals surface area (Å²) in [5.74, 6) is 0.0147. The van der Waals surface area contributed by atoms with Crippen LogP contribution in [0.3, 0.4) is 0 Å². The lowest BCUT2D eigenvalue weighted by Gasteiger charge is -2.18. The number of ether oxygens (including phenoxy) is 3. The van der Waals surface area contributed by atoms with Gasteiger partial charge in [-0.3, -0.25) is 14.4 Å². The van der Waals surface area contributed by atoms with Crippen molar-refractivity contribution in [2.45, 2.75) is 336 Å². The Bertz CT molecular complexity index is 964. The van der Waals surface area contributed by atoms with Crippen molar-refractivity contribution in [3.63, 3.8) is 0 Å². The van der Waals surface area contributed by atoms with Gasteiger partial charge in [0, 0.05) is 19.3 Å². The Morgan fingerprint density at radius 2 is 0.516 bits per heavy atom. The second kappa shape index (κ2) is 52.4. The average Bonchev–Trinajstić information content (AvgIpc) is 3.28. The minimum atomic E-state index is -0.760. The van der Waals surface area contributed by atoms with Crippen LogP contribution in [0.1, 0.15) is 329 Å². The zero-order chi connectivity index (χ0) is 46.7. The quantitative estimate of drug-likeness (QED) is 0.0344. The molecule has 6 heteroatoms. The third kappa shape index (κ3) is 51.4. The molecule has 0 amide bonds. The highest BCUT2D eigenvalue weighted by molar-refractivity contribution is 5.71. The van der Waals surface area contributed by atoms with E-state index in [2.05, 4.69) is 27.7 Å². The molecule has 6 nitrogen and oxygen atoms in total. The van der Waals surface area contributed by atoms with E-state index >= 15 is 0 Å². The summed E-state index contributed by atoms with van der Waals surface area (Å²) in [4.78, 5) is 37.9. The second-order valence-corrected chi connectivity index (χ2v) is 20.4. The molecule has 0 fully saturated rings. The Kier molecular flexibility index (Phi) is 51.1. The summed E-state index contributed by atoms with van der Waals surface area (Å²) in [6, 6.07) is 0. The van der Waals surface area contributed by atoms with Crippen molar-refractivity contribution in [3.05, 3.63) is 0 Å². The zero-order valence-electron chi connectivity index (χ0n) is 43.8. The van der Waals surface area contributed by atoms with Crippen LogP contribution in [-0.2, 0) is 28.6 Å². The minimum absolute atomic E-state index is 0.0627. The lowest BCUT2D eigenvalue weighted by atomic mass is 10.0. The van der Waals surface area contributed by atoms with Crippen molar-refractivity contribution >= 4 is 17.9 Å². The molecule has 0 aliphatic heterocycles. The molecular weight excluding hydrogens is 793 g/mol. The number of hydrogen-bond acceptors (Lipinski definition) is 6. The maximum atomic E-state index is 12.7. The lowest BCUT2D eigenvalue weighted by molar-refractivity contribution is -0.167. The summed E-state index contributed by atoms with van der Waals surface area (Å²) >= 11 is 0. The van der Waals surface area contributed by atoms with E-state index < -0.39 is 6.10 Å². The van der Waals surface area contributed by atoms with Crippen LogP contribution in [0, 0.1) is 5.92 Å². The minimum Gasteiger partial charge on any atom is -0.462 e. The predicted octanol–water partition coefficient (Wildman–Crippen LogP) is 19.0. The van der Waals surface area contributed by atoms with Crippen LogP contribution in [0.4, 0.5) is 0 Å². The summed E-state index contributed by atoms with van der Waals surface area (Å²) in [6.45, 7) is 9.03. The van der Waals surface area contributed by atoms with Gasteiger partial charge in [-0.25, -0.2) is 0 Å². The van der Waals surface area contributed by atoms with Crippen molar-refractivity contribution < 1.29 is 28.6 Å². The maximum absolute atomic E-state index is 12.7. The summed E-state index contributed by atoms with van der Waals surface area (Å²) in [5.41, 5.74) is 0. The first kappa shape index (κ1) is 62.4. The number of hydrogen-bond donors (Lipinski definition) is 0. The fraction of sp³-hybridized carbons (Fsp3) is 0.948. The Morgan fingerprint density at radius 1 is 0.297 bits per heavy atom. The molecule has 0 unspecified atom stereocenters. The normalized spacial score (nSPS) is 12.0. The van der Waals surface area contributed by atoms with E-state index in [1.165, 1.54) is 225 Å². The smallest absolute Gasteiger partial charge is 0.306 e. The monoisotopic (exact) mass is 905 g/mol. The summed E-state index contributed by atoms with van der Waals surface area (Å²) in [5, 5.41) is 0. The molecule has 0 aromatic heterocycles. The van der Waals surface area contributed by atoms with Crippen LogP contribution >= 0.6 is 0 Å². The van der Waals surface area contributed by atoms with E-state index in [0.29, 0.717) is 19.3 Å². The summed E-state index contributed by atoms with van der Waals surface area (Å²) < 4.78 is 16.8. The van der Waals surface area contributed by atoms with Crippen molar-refractivity contribution in [2.24, 2.45) is 5.92 Å². The SMILES string of the molecule is CCCCCCCCCCCCCCCCCCCCC(=O)OC[C@@H](COC(=O)CCCCCCCCCCCCCCCCCCCCC(C)C)OC(=O)CCCCCCCCC. The average molecular weight is 906 g/mol. The first-order valence-electron chi connectivity index (χ1n) is 28.9. The predicted molar refractivity (Wildman–Crippen MR) is 275 cm³/mol. The standard InChI is InChI=1S/C58H112O6/c1-5-7-9-11-13-14-15-16-17-18-22-25-28-31-34-38-41-45-49-56(59)62-52-55(64-58(61)51-47-43-36-12-10-8-6-2)53-63-57(60)50-46-42-39-35-32-29-26-23-20-19-21-24-27-30-33-37-40-44-48-54(3)4/h54-55H,5-53H2,1-4H3/t55-/m0/s1. The molecule has 0 radical (unpaired) electrons. The number of rotatable bonds is 53. The van der Waals surface area contributed by atoms with Gasteiger partial charge >= 0.3 is 17.9 Å². The van der Waals surface area contributed by atoms with Gasteiger partial charge < -0.3 is 14.2 Å².